The number of imidazole rings is 1. The van der Waals surface area contributed by atoms with Gasteiger partial charge < -0.3 is 47.6 Å². The molecule has 4 atom stereocenters. The number of carboxylic acid groups (broad SMARTS) is 2. The van der Waals surface area contributed by atoms with E-state index in [1.54, 1.807) is 6.20 Å². The topological polar surface area (TPSA) is 275 Å². The predicted octanol–water partition coefficient (Wildman–Crippen LogP) is -1.72. The second kappa shape index (κ2) is 14.4. The number of fused-ring (bicyclic) bond motifs is 1. The van der Waals surface area contributed by atoms with E-state index >= 15 is 0 Å². The number of aliphatic carboxylic acids is 2. The van der Waals surface area contributed by atoms with Crippen molar-refractivity contribution in [2.24, 2.45) is 11.5 Å². The molecule has 42 heavy (non-hydrogen) atoms. The zero-order chi connectivity index (χ0) is 30.8. The Kier molecular flexibility index (Phi) is 10.7. The summed E-state index contributed by atoms with van der Waals surface area (Å²) in [4.78, 5) is 83.2. The second-order valence-corrected chi connectivity index (χ2v) is 9.58. The molecule has 0 aliphatic heterocycles. The lowest BCUT2D eigenvalue weighted by molar-refractivity contribution is -0.143. The van der Waals surface area contributed by atoms with E-state index in [9.17, 15) is 33.9 Å². The Labute approximate surface area is 238 Å². The zero-order valence-corrected chi connectivity index (χ0v) is 22.3. The Morgan fingerprint density at radius 2 is 1.55 bits per heavy atom. The average molecular weight is 585 g/mol. The van der Waals surface area contributed by atoms with Crippen molar-refractivity contribution in [3.8, 4) is 0 Å². The highest BCUT2D eigenvalue weighted by molar-refractivity contribution is 5.96. The number of nitrogens with two attached hydrogens (primary N) is 2. The number of primary amides is 1. The molecule has 0 saturated heterocycles. The van der Waals surface area contributed by atoms with Crippen molar-refractivity contribution in [2.45, 2.75) is 56.3 Å². The minimum absolute atomic E-state index is 0.0946. The molecule has 16 nitrogen and oxygen atoms in total. The molecule has 2 aromatic heterocycles. The lowest BCUT2D eigenvalue weighted by atomic mass is 10.0. The standard InChI is InChI=1S/C26H32N8O8/c27-16(7-13-10-30-17-4-2-1-3-15(13)17)23(38)33-19(9-21(28)35)25(40)32-18(5-6-22(36)37)24(39)34-20(26(41)42)8-14-11-29-12-31-14/h1-4,10-12,16,18-20,30H,5-9,27H2,(H2,28,35)(H,29,31)(H,32,40)(H,33,38)(H,34,39)(H,36,37)(H,41,42)/t16-,18-,19-,20-/m0/s1. The van der Waals surface area contributed by atoms with Gasteiger partial charge in [0.2, 0.25) is 23.6 Å². The fourth-order valence-electron chi connectivity index (χ4n) is 4.22. The molecule has 3 rings (SSSR count). The van der Waals surface area contributed by atoms with Gasteiger partial charge in [-0.05, 0) is 24.5 Å². The Morgan fingerprint density at radius 1 is 0.881 bits per heavy atom. The van der Waals surface area contributed by atoms with E-state index in [4.69, 9.17) is 16.6 Å². The number of aromatic nitrogens is 3. The van der Waals surface area contributed by atoms with Gasteiger partial charge in [0.1, 0.15) is 18.1 Å². The number of H-pyrrole nitrogens is 2. The molecule has 0 aliphatic rings. The first-order valence-electron chi connectivity index (χ1n) is 12.9. The number of carboxylic acids is 2. The quantitative estimate of drug-likeness (QED) is 0.0918. The summed E-state index contributed by atoms with van der Waals surface area (Å²) < 4.78 is 0. The average Bonchev–Trinajstić information content (AvgIpc) is 3.59. The minimum atomic E-state index is -1.55. The number of rotatable bonds is 16. The van der Waals surface area contributed by atoms with Gasteiger partial charge in [-0.15, -0.1) is 0 Å². The third-order valence-electron chi connectivity index (χ3n) is 6.36. The maximum atomic E-state index is 13.1. The van der Waals surface area contributed by atoms with Crippen LogP contribution >= 0.6 is 0 Å². The van der Waals surface area contributed by atoms with E-state index in [1.807, 2.05) is 24.3 Å². The zero-order valence-electron chi connectivity index (χ0n) is 22.3. The van der Waals surface area contributed by atoms with Crippen LogP contribution in [0.4, 0.5) is 0 Å². The molecule has 0 saturated carbocycles. The Hall–Kier alpha value is -5.25. The Morgan fingerprint density at radius 3 is 2.19 bits per heavy atom. The van der Waals surface area contributed by atoms with Crippen LogP contribution in [0.25, 0.3) is 10.9 Å². The van der Waals surface area contributed by atoms with Gasteiger partial charge in [0, 0.05) is 41.8 Å². The molecule has 2 heterocycles. The van der Waals surface area contributed by atoms with E-state index in [0.717, 1.165) is 16.5 Å². The highest BCUT2D eigenvalue weighted by Gasteiger charge is 2.32. The van der Waals surface area contributed by atoms with E-state index in [1.165, 1.54) is 12.5 Å². The van der Waals surface area contributed by atoms with Crippen LogP contribution < -0.4 is 27.4 Å². The lowest BCUT2D eigenvalue weighted by Crippen LogP contribution is -2.58. The van der Waals surface area contributed by atoms with Crippen molar-refractivity contribution in [3.05, 3.63) is 54.2 Å². The Bertz CT molecular complexity index is 1440. The van der Waals surface area contributed by atoms with Crippen molar-refractivity contribution in [3.63, 3.8) is 0 Å². The number of amides is 4. The number of nitrogens with one attached hydrogen (secondary N) is 5. The normalized spacial score (nSPS) is 13.8. The molecule has 0 radical (unpaired) electrons. The number of benzene rings is 1. The van der Waals surface area contributed by atoms with E-state index < -0.39 is 79.0 Å². The Balaban J connectivity index is 1.71. The molecule has 0 fully saturated rings. The number of hydrogen-bond acceptors (Lipinski definition) is 8. The molecule has 3 aromatic rings. The number of aromatic amines is 2. The summed E-state index contributed by atoms with van der Waals surface area (Å²) in [6, 6.07) is 1.72. The molecule has 0 spiro atoms. The maximum Gasteiger partial charge on any atom is 0.326 e. The summed E-state index contributed by atoms with van der Waals surface area (Å²) in [5.74, 6) is -6.40. The van der Waals surface area contributed by atoms with Crippen LogP contribution in [0.1, 0.15) is 30.5 Å². The van der Waals surface area contributed by atoms with Crippen LogP contribution in [0.5, 0.6) is 0 Å². The van der Waals surface area contributed by atoms with Gasteiger partial charge in [-0.1, -0.05) is 18.2 Å². The molecule has 11 N–H and O–H groups in total. The van der Waals surface area contributed by atoms with Crippen LogP contribution in [0.15, 0.2) is 43.0 Å². The lowest BCUT2D eigenvalue weighted by Gasteiger charge is -2.24. The van der Waals surface area contributed by atoms with Crippen LogP contribution in [0.3, 0.4) is 0 Å². The molecule has 4 amide bonds. The van der Waals surface area contributed by atoms with E-state index in [2.05, 4.69) is 30.9 Å². The first-order valence-corrected chi connectivity index (χ1v) is 12.9. The van der Waals surface area contributed by atoms with Crippen LogP contribution in [0.2, 0.25) is 0 Å². The fourth-order valence-corrected chi connectivity index (χ4v) is 4.22. The van der Waals surface area contributed by atoms with E-state index in [-0.39, 0.29) is 12.8 Å². The van der Waals surface area contributed by atoms with Crippen molar-refractivity contribution in [1.82, 2.24) is 30.9 Å². The van der Waals surface area contributed by atoms with Crippen LogP contribution in [0, 0.1) is 0 Å². The molecule has 0 bridgehead atoms. The van der Waals surface area contributed by atoms with Crippen molar-refractivity contribution < 1.29 is 39.0 Å². The maximum absolute atomic E-state index is 13.1. The van der Waals surface area contributed by atoms with Gasteiger partial charge in [-0.3, -0.25) is 24.0 Å². The van der Waals surface area contributed by atoms with Gasteiger partial charge in [0.15, 0.2) is 0 Å². The number of nitrogens with zero attached hydrogens (tertiary/aromatic N) is 1. The third-order valence-corrected chi connectivity index (χ3v) is 6.36. The summed E-state index contributed by atoms with van der Waals surface area (Å²) in [6.45, 7) is 0. The number of para-hydroxylation sites is 1. The van der Waals surface area contributed by atoms with Gasteiger partial charge in [-0.25, -0.2) is 9.78 Å². The first-order chi connectivity index (χ1) is 19.9. The monoisotopic (exact) mass is 584 g/mol. The van der Waals surface area contributed by atoms with Crippen LogP contribution in [-0.2, 0) is 41.6 Å². The predicted molar refractivity (Wildman–Crippen MR) is 146 cm³/mol. The summed E-state index contributed by atoms with van der Waals surface area (Å²) in [5.41, 5.74) is 13.3. The first kappa shape index (κ1) is 31.3. The largest absolute Gasteiger partial charge is 0.481 e. The molecule has 0 aliphatic carbocycles. The molecule has 16 heteroatoms. The second-order valence-electron chi connectivity index (χ2n) is 9.58. The molecular formula is C26H32N8O8. The SMILES string of the molecule is NC(=O)C[C@H](NC(=O)[C@@H](N)Cc1c[nH]c2ccccc12)C(=O)N[C@@H](CCC(=O)O)C(=O)N[C@@H](Cc1cnc[nH]1)C(=O)O. The summed E-state index contributed by atoms with van der Waals surface area (Å²) in [6.07, 6.45) is 2.69. The third kappa shape index (κ3) is 8.88. The molecule has 1 aromatic carbocycles. The van der Waals surface area contributed by atoms with Crippen molar-refractivity contribution in [2.75, 3.05) is 0 Å². The highest BCUT2D eigenvalue weighted by Crippen LogP contribution is 2.18. The smallest absolute Gasteiger partial charge is 0.326 e. The molecule has 0 unspecified atom stereocenters. The molecular weight excluding hydrogens is 552 g/mol. The molecule has 224 valence electrons. The van der Waals surface area contributed by atoms with Crippen molar-refractivity contribution in [1.29, 1.82) is 0 Å². The fraction of sp³-hybridized carbons (Fsp3) is 0.346. The highest BCUT2D eigenvalue weighted by atomic mass is 16.4. The van der Waals surface area contributed by atoms with Crippen LogP contribution in [-0.4, -0.2) is 84.9 Å². The summed E-state index contributed by atoms with van der Waals surface area (Å²) >= 11 is 0. The van der Waals surface area contributed by atoms with Crippen molar-refractivity contribution >= 4 is 46.5 Å². The minimum Gasteiger partial charge on any atom is -0.481 e. The van der Waals surface area contributed by atoms with Gasteiger partial charge in [0.25, 0.3) is 0 Å². The summed E-state index contributed by atoms with van der Waals surface area (Å²) in [7, 11) is 0. The number of carbonyl (C=O) groups is 6. The van der Waals surface area contributed by atoms with E-state index in [0.29, 0.717) is 5.69 Å². The van der Waals surface area contributed by atoms with Gasteiger partial charge in [-0.2, -0.15) is 0 Å². The summed E-state index contributed by atoms with van der Waals surface area (Å²) in [5, 5.41) is 26.4. The number of carbonyl (C=O) groups excluding carboxylic acids is 4. The number of hydrogen-bond donors (Lipinski definition) is 9. The van der Waals surface area contributed by atoms with Gasteiger partial charge in [0.05, 0.1) is 18.8 Å². The van der Waals surface area contributed by atoms with Gasteiger partial charge >= 0.3 is 11.9 Å².